The Balaban J connectivity index is 2.33. The maximum absolute atomic E-state index is 11.7. The van der Waals surface area contributed by atoms with E-state index in [1.54, 1.807) is 19.4 Å². The molecular formula is C16H16N2O3. The van der Waals surface area contributed by atoms with Gasteiger partial charge < -0.3 is 9.84 Å². The van der Waals surface area contributed by atoms with Gasteiger partial charge in [-0.2, -0.15) is 0 Å². The van der Waals surface area contributed by atoms with Crippen molar-refractivity contribution in [3.8, 4) is 17.6 Å². The van der Waals surface area contributed by atoms with Gasteiger partial charge in [0.1, 0.15) is 5.75 Å². The van der Waals surface area contributed by atoms with Crippen LogP contribution in [-0.2, 0) is 6.54 Å². The van der Waals surface area contributed by atoms with Gasteiger partial charge in [-0.1, -0.05) is 11.8 Å². The molecule has 2 rings (SSSR count). The predicted molar refractivity (Wildman–Crippen MR) is 79.2 cm³/mol. The molecule has 21 heavy (non-hydrogen) atoms. The van der Waals surface area contributed by atoms with Crippen molar-refractivity contribution in [1.82, 2.24) is 9.55 Å². The topological polar surface area (TPSA) is 64.3 Å². The predicted octanol–water partition coefficient (Wildman–Crippen LogP) is 1.03. The number of aliphatic hydroxyl groups is 1. The lowest BCUT2D eigenvalue weighted by Gasteiger charge is -2.10. The molecule has 0 bridgehead atoms. The molecule has 108 valence electrons. The molecule has 0 spiro atoms. The molecule has 0 aliphatic carbocycles. The van der Waals surface area contributed by atoms with Gasteiger partial charge in [0.05, 0.1) is 20.3 Å². The number of rotatable bonds is 4. The first-order valence-electron chi connectivity index (χ1n) is 6.52. The van der Waals surface area contributed by atoms with Crippen LogP contribution < -0.4 is 10.4 Å². The molecule has 0 aliphatic heterocycles. The number of aromatic nitrogens is 2. The van der Waals surface area contributed by atoms with E-state index in [2.05, 4.69) is 16.8 Å². The van der Waals surface area contributed by atoms with Crippen molar-refractivity contribution in [2.24, 2.45) is 0 Å². The molecule has 2 aromatic rings. The fourth-order valence-corrected chi connectivity index (χ4v) is 1.89. The Morgan fingerprint density at radius 2 is 2.29 bits per heavy atom. The summed E-state index contributed by atoms with van der Waals surface area (Å²) in [5, 5.41) is 8.74. The van der Waals surface area contributed by atoms with Crippen molar-refractivity contribution >= 4 is 0 Å². The van der Waals surface area contributed by atoms with Crippen LogP contribution in [0.3, 0.4) is 0 Å². The second-order valence-electron chi connectivity index (χ2n) is 4.33. The normalized spacial score (nSPS) is 9.81. The number of hydrogen-bond donors (Lipinski definition) is 1. The molecule has 0 saturated heterocycles. The largest absolute Gasteiger partial charge is 0.496 e. The van der Waals surface area contributed by atoms with Crippen LogP contribution in [0.25, 0.3) is 0 Å². The highest BCUT2D eigenvalue weighted by molar-refractivity contribution is 5.44. The maximum Gasteiger partial charge on any atom is 0.347 e. The number of hydrogen-bond acceptors (Lipinski definition) is 4. The summed E-state index contributed by atoms with van der Waals surface area (Å²) in [6.45, 7) is 0.409. The van der Waals surface area contributed by atoms with Gasteiger partial charge in [-0.3, -0.25) is 4.57 Å². The summed E-state index contributed by atoms with van der Waals surface area (Å²) in [6.07, 6.45) is 3.58. The first kappa shape index (κ1) is 14.8. The molecule has 0 radical (unpaired) electrons. The molecule has 0 amide bonds. The molecule has 0 unspecified atom stereocenters. The van der Waals surface area contributed by atoms with E-state index in [9.17, 15) is 4.79 Å². The first-order chi connectivity index (χ1) is 10.2. The average molecular weight is 284 g/mol. The zero-order chi connectivity index (χ0) is 15.1. The Kier molecular flexibility index (Phi) is 5.13. The summed E-state index contributed by atoms with van der Waals surface area (Å²) in [5.74, 6) is 6.53. The minimum atomic E-state index is -0.309. The van der Waals surface area contributed by atoms with Crippen LogP contribution in [0.1, 0.15) is 17.5 Å². The highest BCUT2D eigenvalue weighted by Gasteiger charge is 2.06. The van der Waals surface area contributed by atoms with Gasteiger partial charge in [0.2, 0.25) is 0 Å². The monoisotopic (exact) mass is 284 g/mol. The van der Waals surface area contributed by atoms with Crippen molar-refractivity contribution in [2.75, 3.05) is 13.7 Å². The molecule has 1 heterocycles. The summed E-state index contributed by atoms with van der Waals surface area (Å²) in [5.41, 5.74) is 1.36. The molecule has 1 aromatic carbocycles. The minimum Gasteiger partial charge on any atom is -0.496 e. The first-order valence-corrected chi connectivity index (χ1v) is 6.52. The van der Waals surface area contributed by atoms with E-state index < -0.39 is 0 Å². The van der Waals surface area contributed by atoms with Crippen molar-refractivity contribution in [1.29, 1.82) is 0 Å². The number of ether oxygens (including phenoxy) is 1. The third kappa shape index (κ3) is 3.94. The Morgan fingerprint density at radius 3 is 3.00 bits per heavy atom. The average Bonchev–Trinajstić information content (AvgIpc) is 2.50. The third-order valence-corrected chi connectivity index (χ3v) is 2.87. The van der Waals surface area contributed by atoms with E-state index in [0.717, 1.165) is 11.1 Å². The van der Waals surface area contributed by atoms with Crippen LogP contribution >= 0.6 is 0 Å². The van der Waals surface area contributed by atoms with Gasteiger partial charge in [-0.05, 0) is 24.3 Å². The van der Waals surface area contributed by atoms with Crippen LogP contribution in [0.5, 0.6) is 5.75 Å². The smallest absolute Gasteiger partial charge is 0.347 e. The van der Waals surface area contributed by atoms with Crippen LogP contribution in [0.2, 0.25) is 0 Å². The van der Waals surface area contributed by atoms with Gasteiger partial charge >= 0.3 is 5.69 Å². The van der Waals surface area contributed by atoms with Gasteiger partial charge in [0.25, 0.3) is 0 Å². The van der Waals surface area contributed by atoms with E-state index in [4.69, 9.17) is 9.84 Å². The van der Waals surface area contributed by atoms with Crippen LogP contribution in [0.15, 0.2) is 41.5 Å². The van der Waals surface area contributed by atoms with Gasteiger partial charge in [0, 0.05) is 29.9 Å². The number of nitrogens with zero attached hydrogens (tertiary/aromatic N) is 2. The van der Waals surface area contributed by atoms with Gasteiger partial charge in [-0.15, -0.1) is 0 Å². The fraction of sp³-hybridized carbons (Fsp3) is 0.250. The molecule has 0 fully saturated rings. The van der Waals surface area contributed by atoms with E-state index in [1.165, 1.54) is 10.8 Å². The van der Waals surface area contributed by atoms with Gasteiger partial charge in [0.15, 0.2) is 0 Å². The van der Waals surface area contributed by atoms with Crippen molar-refractivity contribution in [3.63, 3.8) is 0 Å². The second kappa shape index (κ2) is 7.27. The molecule has 1 N–H and O–H groups in total. The lowest BCUT2D eigenvalue weighted by atomic mass is 10.1. The zero-order valence-electron chi connectivity index (χ0n) is 11.7. The quantitative estimate of drug-likeness (QED) is 0.852. The second-order valence-corrected chi connectivity index (χ2v) is 4.33. The zero-order valence-corrected chi connectivity index (χ0v) is 11.7. The Hall–Kier alpha value is -2.58. The van der Waals surface area contributed by atoms with E-state index >= 15 is 0 Å². The fourth-order valence-electron chi connectivity index (χ4n) is 1.89. The van der Waals surface area contributed by atoms with Crippen molar-refractivity contribution in [3.05, 3.63) is 58.3 Å². The Bertz CT molecular complexity index is 726. The van der Waals surface area contributed by atoms with Crippen molar-refractivity contribution < 1.29 is 9.84 Å². The molecule has 5 heteroatoms. The standard InChI is InChI=1S/C16H16N2O3/c1-21-15-7-6-13(5-2-3-10-19)11-14(15)12-18-9-4-8-17-16(18)20/h4,6-9,11,19H,3,10,12H2,1H3. The van der Waals surface area contributed by atoms with Crippen LogP contribution in [0, 0.1) is 11.8 Å². The SMILES string of the molecule is COc1ccc(C#CCCO)cc1Cn1cccnc1=O. The summed E-state index contributed by atoms with van der Waals surface area (Å²) >= 11 is 0. The number of methoxy groups -OCH3 is 1. The molecule has 0 aliphatic rings. The Morgan fingerprint density at radius 1 is 1.43 bits per heavy atom. The number of aliphatic hydroxyl groups excluding tert-OH is 1. The van der Waals surface area contributed by atoms with E-state index in [0.29, 0.717) is 18.7 Å². The molecular weight excluding hydrogens is 268 g/mol. The van der Waals surface area contributed by atoms with Crippen LogP contribution in [-0.4, -0.2) is 28.4 Å². The highest BCUT2D eigenvalue weighted by Crippen LogP contribution is 2.20. The lowest BCUT2D eigenvalue weighted by molar-refractivity contribution is 0.305. The maximum atomic E-state index is 11.7. The van der Waals surface area contributed by atoms with E-state index in [1.807, 2.05) is 18.2 Å². The van der Waals surface area contributed by atoms with Gasteiger partial charge in [-0.25, -0.2) is 9.78 Å². The third-order valence-electron chi connectivity index (χ3n) is 2.87. The van der Waals surface area contributed by atoms with Crippen LogP contribution in [0.4, 0.5) is 0 Å². The lowest BCUT2D eigenvalue weighted by Crippen LogP contribution is -2.22. The Labute approximate surface area is 122 Å². The van der Waals surface area contributed by atoms with E-state index in [-0.39, 0.29) is 12.3 Å². The number of benzene rings is 1. The summed E-state index contributed by atoms with van der Waals surface area (Å²) in [7, 11) is 1.59. The highest BCUT2D eigenvalue weighted by atomic mass is 16.5. The summed E-state index contributed by atoms with van der Waals surface area (Å²) in [6, 6.07) is 7.25. The molecule has 0 atom stereocenters. The molecule has 0 saturated carbocycles. The molecule has 5 nitrogen and oxygen atoms in total. The minimum absolute atomic E-state index is 0.0427. The van der Waals surface area contributed by atoms with Crippen molar-refractivity contribution in [2.45, 2.75) is 13.0 Å². The molecule has 1 aromatic heterocycles. The summed E-state index contributed by atoms with van der Waals surface area (Å²) < 4.78 is 6.82. The summed E-state index contributed by atoms with van der Waals surface area (Å²) in [4.78, 5) is 15.4.